The van der Waals surface area contributed by atoms with Crippen LogP contribution in [-0.4, -0.2) is 48.4 Å². The van der Waals surface area contributed by atoms with Gasteiger partial charge in [-0.1, -0.05) is 0 Å². The molecule has 0 N–H and O–H groups in total. The van der Waals surface area contributed by atoms with Crippen LogP contribution < -0.4 is 19.1 Å². The van der Waals surface area contributed by atoms with E-state index in [9.17, 15) is 0 Å². The van der Waals surface area contributed by atoms with Crippen molar-refractivity contribution < 1.29 is 28.4 Å². The van der Waals surface area contributed by atoms with Gasteiger partial charge < -0.3 is 33.3 Å². The van der Waals surface area contributed by atoms with Crippen LogP contribution in [0, 0.1) is 0 Å². The smallest absolute Gasteiger partial charge is 0.160 e. The predicted molar refractivity (Wildman–Crippen MR) is 102 cm³/mol. The summed E-state index contributed by atoms with van der Waals surface area (Å²) in [5, 5.41) is 0. The van der Waals surface area contributed by atoms with Crippen LogP contribution in [0.25, 0.3) is 0 Å². The summed E-state index contributed by atoms with van der Waals surface area (Å²) in [7, 11) is 6.89. The van der Waals surface area contributed by atoms with E-state index in [0.29, 0.717) is 31.3 Å². The number of methoxy groups -OCH3 is 3. The van der Waals surface area contributed by atoms with Gasteiger partial charge in [0, 0.05) is 20.2 Å². The molecule has 0 saturated carbocycles. The minimum atomic E-state index is 0.163. The Morgan fingerprint density at radius 2 is 1.74 bits per heavy atom. The number of ether oxygens (including phenoxy) is 6. The van der Waals surface area contributed by atoms with Crippen molar-refractivity contribution in [2.24, 2.45) is 0 Å². The summed E-state index contributed by atoms with van der Waals surface area (Å²) in [5.74, 6) is 2.85. The van der Waals surface area contributed by atoms with Gasteiger partial charge in [0.25, 0.3) is 0 Å². The number of anilines is 2. The number of hydrogen-bond donors (Lipinski definition) is 0. The van der Waals surface area contributed by atoms with Gasteiger partial charge in [-0.3, -0.25) is 0 Å². The first-order valence-corrected chi connectivity index (χ1v) is 8.63. The molecule has 7 heteroatoms. The molecule has 0 amide bonds. The maximum atomic E-state index is 6.22. The molecule has 146 valence electrons. The fourth-order valence-corrected chi connectivity index (χ4v) is 2.93. The molecule has 1 aliphatic heterocycles. The Balaban J connectivity index is 1.84. The molecule has 2 aromatic rings. The Morgan fingerprint density at radius 3 is 2.48 bits per heavy atom. The number of fused-ring (bicyclic) bond motifs is 2. The summed E-state index contributed by atoms with van der Waals surface area (Å²) in [6.07, 6.45) is 0. The molecule has 0 fully saturated rings. The molecule has 0 aromatic heterocycles. The van der Waals surface area contributed by atoms with Crippen LogP contribution in [0.15, 0.2) is 30.3 Å². The highest BCUT2D eigenvalue weighted by atomic mass is 16.7. The minimum Gasteiger partial charge on any atom is -0.497 e. The summed E-state index contributed by atoms with van der Waals surface area (Å²) in [4.78, 5) is 2.08. The molecule has 1 heterocycles. The molecule has 2 aromatic carbocycles. The third-order valence-electron chi connectivity index (χ3n) is 4.36. The zero-order chi connectivity index (χ0) is 19.2. The molecule has 7 nitrogen and oxygen atoms in total. The lowest BCUT2D eigenvalue weighted by atomic mass is 10.1. The van der Waals surface area contributed by atoms with Crippen LogP contribution in [0.4, 0.5) is 11.4 Å². The summed E-state index contributed by atoms with van der Waals surface area (Å²) in [6.45, 7) is 1.47. The molecule has 0 spiro atoms. The first kappa shape index (κ1) is 19.3. The summed E-state index contributed by atoms with van der Waals surface area (Å²) in [6, 6.07) is 9.64. The minimum absolute atomic E-state index is 0.163. The van der Waals surface area contributed by atoms with Gasteiger partial charge in [-0.15, -0.1) is 0 Å². The summed E-state index contributed by atoms with van der Waals surface area (Å²) < 4.78 is 33.0. The van der Waals surface area contributed by atoms with Crippen LogP contribution in [-0.2, 0) is 20.8 Å². The van der Waals surface area contributed by atoms with Crippen LogP contribution in [0.3, 0.4) is 0 Å². The van der Waals surface area contributed by atoms with E-state index in [0.717, 1.165) is 28.4 Å². The molecule has 0 aliphatic carbocycles. The average molecular weight is 375 g/mol. The molecule has 0 radical (unpaired) electrons. The fourth-order valence-electron chi connectivity index (χ4n) is 2.93. The summed E-state index contributed by atoms with van der Waals surface area (Å²) >= 11 is 0. The van der Waals surface area contributed by atoms with Crippen molar-refractivity contribution in [3.63, 3.8) is 0 Å². The maximum absolute atomic E-state index is 6.22. The Kier molecular flexibility index (Phi) is 6.39. The normalized spacial score (nSPS) is 12.2. The van der Waals surface area contributed by atoms with Crippen molar-refractivity contribution in [1.29, 1.82) is 0 Å². The molecular formula is C20H25NO6. The molecule has 3 rings (SSSR count). The van der Waals surface area contributed by atoms with Gasteiger partial charge in [-0.2, -0.15) is 0 Å². The van der Waals surface area contributed by atoms with E-state index in [2.05, 4.69) is 4.90 Å². The predicted octanol–water partition coefficient (Wildman–Crippen LogP) is 3.71. The summed E-state index contributed by atoms with van der Waals surface area (Å²) in [5.41, 5.74) is 2.72. The Hall–Kier alpha value is -2.48. The van der Waals surface area contributed by atoms with Gasteiger partial charge in [0.05, 0.1) is 51.0 Å². The quantitative estimate of drug-likeness (QED) is 0.489. The van der Waals surface area contributed by atoms with E-state index in [1.54, 1.807) is 21.3 Å². The number of hydrogen-bond acceptors (Lipinski definition) is 7. The van der Waals surface area contributed by atoms with Gasteiger partial charge in [-0.25, -0.2) is 0 Å². The second-order valence-corrected chi connectivity index (χ2v) is 5.96. The highest BCUT2D eigenvalue weighted by Crippen LogP contribution is 2.50. The van der Waals surface area contributed by atoms with E-state index in [1.807, 2.05) is 37.4 Å². The van der Waals surface area contributed by atoms with Crippen LogP contribution in [0.2, 0.25) is 0 Å². The van der Waals surface area contributed by atoms with E-state index < -0.39 is 0 Å². The fraction of sp³-hybridized carbons (Fsp3) is 0.400. The largest absolute Gasteiger partial charge is 0.497 e. The lowest BCUT2D eigenvalue weighted by Gasteiger charge is -2.31. The third kappa shape index (κ3) is 4.10. The zero-order valence-electron chi connectivity index (χ0n) is 16.1. The first-order valence-electron chi connectivity index (χ1n) is 8.63. The molecule has 0 unspecified atom stereocenters. The van der Waals surface area contributed by atoms with Gasteiger partial charge in [0.15, 0.2) is 11.5 Å². The Bertz CT molecular complexity index is 779. The second kappa shape index (κ2) is 8.94. The van der Waals surface area contributed by atoms with Crippen molar-refractivity contribution in [3.8, 4) is 23.0 Å². The highest BCUT2D eigenvalue weighted by molar-refractivity contribution is 5.80. The van der Waals surface area contributed by atoms with Crippen molar-refractivity contribution in [2.75, 3.05) is 53.3 Å². The maximum Gasteiger partial charge on any atom is 0.160 e. The van der Waals surface area contributed by atoms with Gasteiger partial charge in [0.2, 0.25) is 0 Å². The van der Waals surface area contributed by atoms with Gasteiger partial charge in [0.1, 0.15) is 18.3 Å². The highest BCUT2D eigenvalue weighted by Gasteiger charge is 2.26. The van der Waals surface area contributed by atoms with Crippen LogP contribution in [0.5, 0.6) is 23.0 Å². The van der Waals surface area contributed by atoms with E-state index in [4.69, 9.17) is 28.4 Å². The molecule has 0 atom stereocenters. The lowest BCUT2D eigenvalue weighted by Crippen LogP contribution is -2.17. The van der Waals surface area contributed by atoms with Crippen molar-refractivity contribution in [3.05, 3.63) is 35.9 Å². The lowest BCUT2D eigenvalue weighted by molar-refractivity contribution is -0.0730. The molecular weight excluding hydrogens is 350 g/mol. The third-order valence-corrected chi connectivity index (χ3v) is 4.36. The molecule has 0 bridgehead atoms. The zero-order valence-corrected chi connectivity index (χ0v) is 16.1. The molecule has 0 saturated heterocycles. The average Bonchev–Trinajstić information content (AvgIpc) is 2.70. The van der Waals surface area contributed by atoms with Crippen LogP contribution >= 0.6 is 0 Å². The van der Waals surface area contributed by atoms with E-state index in [-0.39, 0.29) is 6.79 Å². The topological polar surface area (TPSA) is 58.6 Å². The van der Waals surface area contributed by atoms with E-state index >= 15 is 0 Å². The molecule has 1 aliphatic rings. The van der Waals surface area contributed by atoms with Gasteiger partial charge >= 0.3 is 0 Å². The Labute approximate surface area is 159 Å². The first-order chi connectivity index (χ1) is 13.2. The van der Waals surface area contributed by atoms with Crippen molar-refractivity contribution >= 4 is 11.4 Å². The monoisotopic (exact) mass is 375 g/mol. The van der Waals surface area contributed by atoms with Crippen LogP contribution in [0.1, 0.15) is 5.56 Å². The number of nitrogens with zero attached hydrogens (tertiary/aromatic N) is 1. The SMILES string of the molecule is COCCOCOCc1c(OC)ccc2c1Oc1cc(OC)ccc1N2C. The van der Waals surface area contributed by atoms with Crippen molar-refractivity contribution in [1.82, 2.24) is 0 Å². The standard InChI is InChI=1S/C20H25NO6/c1-21-16-6-5-14(23-3)11-19(16)27-20-15(12-26-13-25-10-9-22-2)18(24-4)8-7-17(20)21/h5-8,11H,9-10,12-13H2,1-4H3. The van der Waals surface area contributed by atoms with E-state index in [1.165, 1.54) is 0 Å². The Morgan fingerprint density at radius 1 is 0.926 bits per heavy atom. The molecule has 27 heavy (non-hydrogen) atoms. The second-order valence-electron chi connectivity index (χ2n) is 5.96. The van der Waals surface area contributed by atoms with Gasteiger partial charge in [-0.05, 0) is 24.3 Å². The van der Waals surface area contributed by atoms with Crippen molar-refractivity contribution in [2.45, 2.75) is 6.61 Å². The number of benzene rings is 2. The number of rotatable bonds is 9.